The average molecular weight is 322 g/mol. The number of nitrogens with zero attached hydrogens (tertiary/aromatic N) is 1. The lowest BCUT2D eigenvalue weighted by Crippen LogP contribution is -2.44. The van der Waals surface area contributed by atoms with Gasteiger partial charge in [-0.05, 0) is 64.3 Å². The van der Waals surface area contributed by atoms with E-state index < -0.39 is 5.60 Å². The number of ether oxygens (including phenoxy) is 1. The minimum atomic E-state index is -0.458. The Balaban J connectivity index is 1.73. The predicted octanol–water partition coefficient (Wildman–Crippen LogP) is 3.36. The molecule has 1 saturated heterocycles. The maximum absolute atomic E-state index is 12.9. The minimum Gasteiger partial charge on any atom is -0.444 e. The lowest BCUT2D eigenvalue weighted by atomic mass is 10.1. The van der Waals surface area contributed by atoms with Crippen molar-refractivity contribution in [2.45, 2.75) is 51.7 Å². The highest BCUT2D eigenvalue weighted by molar-refractivity contribution is 5.69. The Hall–Kier alpha value is -1.62. The Bertz CT molecular complexity index is 511. The molecule has 1 aliphatic heterocycles. The Morgan fingerprint density at radius 2 is 2.04 bits per heavy atom. The third kappa shape index (κ3) is 5.82. The number of carbonyl (C=O) groups is 1. The van der Waals surface area contributed by atoms with Gasteiger partial charge < -0.3 is 15.0 Å². The van der Waals surface area contributed by atoms with Gasteiger partial charge in [0.1, 0.15) is 11.4 Å². The highest BCUT2D eigenvalue weighted by atomic mass is 19.1. The number of halogens is 1. The molecule has 0 aliphatic carbocycles. The third-order valence-electron chi connectivity index (χ3n) is 3.89. The molecule has 1 fully saturated rings. The van der Waals surface area contributed by atoms with E-state index in [-0.39, 0.29) is 18.0 Å². The summed E-state index contributed by atoms with van der Waals surface area (Å²) in [5, 5.41) is 3.39. The summed E-state index contributed by atoms with van der Waals surface area (Å²) in [6.07, 6.45) is 2.64. The third-order valence-corrected chi connectivity index (χ3v) is 3.89. The molecule has 0 bridgehead atoms. The number of hydrogen-bond acceptors (Lipinski definition) is 3. The van der Waals surface area contributed by atoms with Crippen molar-refractivity contribution in [3.05, 3.63) is 35.6 Å². The molecular formula is C18H27FN2O2. The molecule has 0 aromatic heterocycles. The van der Waals surface area contributed by atoms with E-state index in [9.17, 15) is 9.18 Å². The zero-order valence-electron chi connectivity index (χ0n) is 14.3. The topological polar surface area (TPSA) is 41.6 Å². The largest absolute Gasteiger partial charge is 0.444 e. The molecule has 0 saturated carbocycles. The number of amides is 1. The molecule has 1 amide bonds. The van der Waals surface area contributed by atoms with E-state index in [1.807, 2.05) is 25.7 Å². The maximum atomic E-state index is 12.9. The molecule has 5 heteroatoms. The van der Waals surface area contributed by atoms with Crippen LogP contribution in [0.25, 0.3) is 0 Å². The van der Waals surface area contributed by atoms with Crippen LogP contribution in [0.3, 0.4) is 0 Å². The van der Waals surface area contributed by atoms with Crippen LogP contribution in [-0.4, -0.2) is 42.3 Å². The summed E-state index contributed by atoms with van der Waals surface area (Å²) in [7, 11) is 0. The van der Waals surface area contributed by atoms with Crippen LogP contribution in [0.2, 0.25) is 0 Å². The van der Waals surface area contributed by atoms with E-state index in [0.29, 0.717) is 0 Å². The molecule has 128 valence electrons. The van der Waals surface area contributed by atoms with Crippen molar-refractivity contribution in [1.29, 1.82) is 0 Å². The minimum absolute atomic E-state index is 0.193. The number of likely N-dealkylation sites (tertiary alicyclic amines) is 1. The summed E-state index contributed by atoms with van der Waals surface area (Å²) in [4.78, 5) is 14.0. The highest BCUT2D eigenvalue weighted by Crippen LogP contribution is 2.20. The van der Waals surface area contributed by atoms with Gasteiger partial charge in [-0.3, -0.25) is 0 Å². The summed E-state index contributed by atoms with van der Waals surface area (Å²) in [6.45, 7) is 7.99. The van der Waals surface area contributed by atoms with E-state index >= 15 is 0 Å². The monoisotopic (exact) mass is 322 g/mol. The summed E-state index contributed by atoms with van der Waals surface area (Å²) in [5.41, 5.74) is 0.648. The Labute approximate surface area is 138 Å². The van der Waals surface area contributed by atoms with Gasteiger partial charge in [0.2, 0.25) is 0 Å². The summed E-state index contributed by atoms with van der Waals surface area (Å²) >= 11 is 0. The Morgan fingerprint density at radius 1 is 1.35 bits per heavy atom. The molecule has 1 atom stereocenters. The van der Waals surface area contributed by atoms with E-state index in [4.69, 9.17) is 4.74 Å². The number of rotatable bonds is 5. The second-order valence-corrected chi connectivity index (χ2v) is 7.05. The van der Waals surface area contributed by atoms with E-state index in [1.165, 1.54) is 12.1 Å². The van der Waals surface area contributed by atoms with Crippen molar-refractivity contribution in [3.8, 4) is 0 Å². The fourth-order valence-corrected chi connectivity index (χ4v) is 2.76. The summed E-state index contributed by atoms with van der Waals surface area (Å²) in [6, 6.07) is 6.77. The van der Waals surface area contributed by atoms with Crippen LogP contribution in [-0.2, 0) is 11.2 Å². The SMILES string of the molecule is CC(C)(C)OC(=O)N1CCC[C@H]1CNCCc1ccc(F)cc1. The predicted molar refractivity (Wildman–Crippen MR) is 88.9 cm³/mol. The molecule has 0 spiro atoms. The lowest BCUT2D eigenvalue weighted by molar-refractivity contribution is 0.0227. The molecule has 1 aromatic carbocycles. The van der Waals surface area contributed by atoms with Gasteiger partial charge in [-0.25, -0.2) is 9.18 Å². The average Bonchev–Trinajstić information content (AvgIpc) is 2.92. The first-order valence-electron chi connectivity index (χ1n) is 8.30. The number of carbonyl (C=O) groups excluding carboxylic acids is 1. The molecule has 0 unspecified atom stereocenters. The number of benzene rings is 1. The van der Waals surface area contributed by atoms with Crippen LogP contribution in [0.15, 0.2) is 24.3 Å². The van der Waals surface area contributed by atoms with E-state index in [1.54, 1.807) is 12.1 Å². The van der Waals surface area contributed by atoms with Crippen molar-refractivity contribution in [2.24, 2.45) is 0 Å². The van der Waals surface area contributed by atoms with Gasteiger partial charge in [0.25, 0.3) is 0 Å². The molecule has 1 aromatic rings. The molecule has 1 heterocycles. The van der Waals surface area contributed by atoms with Gasteiger partial charge in [-0.1, -0.05) is 12.1 Å². The summed E-state index contributed by atoms with van der Waals surface area (Å²) < 4.78 is 18.3. The van der Waals surface area contributed by atoms with Crippen LogP contribution in [0.1, 0.15) is 39.2 Å². The Kier molecular flexibility index (Phi) is 5.99. The zero-order chi connectivity index (χ0) is 16.9. The van der Waals surface area contributed by atoms with Gasteiger partial charge >= 0.3 is 6.09 Å². The number of nitrogens with one attached hydrogen (secondary N) is 1. The molecule has 0 radical (unpaired) electrons. The first kappa shape index (κ1) is 17.7. The fourth-order valence-electron chi connectivity index (χ4n) is 2.76. The smallest absolute Gasteiger partial charge is 0.410 e. The van der Waals surface area contributed by atoms with Gasteiger partial charge in [0.05, 0.1) is 0 Å². The lowest BCUT2D eigenvalue weighted by Gasteiger charge is -2.28. The van der Waals surface area contributed by atoms with Crippen molar-refractivity contribution in [1.82, 2.24) is 10.2 Å². The number of hydrogen-bond donors (Lipinski definition) is 1. The fraction of sp³-hybridized carbons (Fsp3) is 0.611. The molecule has 4 nitrogen and oxygen atoms in total. The van der Waals surface area contributed by atoms with Crippen molar-refractivity contribution in [2.75, 3.05) is 19.6 Å². The first-order valence-corrected chi connectivity index (χ1v) is 8.30. The highest BCUT2D eigenvalue weighted by Gasteiger charge is 2.31. The second kappa shape index (κ2) is 7.77. The molecule has 1 N–H and O–H groups in total. The zero-order valence-corrected chi connectivity index (χ0v) is 14.3. The molecule has 2 rings (SSSR count). The normalized spacial score (nSPS) is 18.3. The Morgan fingerprint density at radius 3 is 2.70 bits per heavy atom. The van der Waals surface area contributed by atoms with E-state index in [2.05, 4.69) is 5.32 Å². The standard InChI is InChI=1S/C18H27FN2O2/c1-18(2,3)23-17(22)21-12-4-5-16(21)13-20-11-10-14-6-8-15(19)9-7-14/h6-9,16,20H,4-5,10-13H2,1-3H3/t16-/m0/s1. The van der Waals surface area contributed by atoms with Gasteiger partial charge in [-0.2, -0.15) is 0 Å². The van der Waals surface area contributed by atoms with Crippen LogP contribution in [0.4, 0.5) is 9.18 Å². The second-order valence-electron chi connectivity index (χ2n) is 7.05. The molecule has 23 heavy (non-hydrogen) atoms. The molecule has 1 aliphatic rings. The quantitative estimate of drug-likeness (QED) is 0.845. The summed E-state index contributed by atoms with van der Waals surface area (Å²) in [5.74, 6) is -0.208. The van der Waals surface area contributed by atoms with Gasteiger partial charge in [0, 0.05) is 19.1 Å². The van der Waals surface area contributed by atoms with Crippen LogP contribution in [0, 0.1) is 5.82 Å². The van der Waals surface area contributed by atoms with Crippen molar-refractivity contribution < 1.29 is 13.9 Å². The van der Waals surface area contributed by atoms with Crippen molar-refractivity contribution >= 4 is 6.09 Å². The van der Waals surface area contributed by atoms with Crippen LogP contribution < -0.4 is 5.32 Å². The van der Waals surface area contributed by atoms with Crippen molar-refractivity contribution in [3.63, 3.8) is 0 Å². The molecular weight excluding hydrogens is 295 g/mol. The van der Waals surface area contributed by atoms with Gasteiger partial charge in [-0.15, -0.1) is 0 Å². The van der Waals surface area contributed by atoms with Crippen LogP contribution >= 0.6 is 0 Å². The van der Waals surface area contributed by atoms with Crippen LogP contribution in [0.5, 0.6) is 0 Å². The van der Waals surface area contributed by atoms with E-state index in [0.717, 1.165) is 44.5 Å². The first-order chi connectivity index (χ1) is 10.8. The van der Waals surface area contributed by atoms with Gasteiger partial charge in [0.15, 0.2) is 0 Å². The maximum Gasteiger partial charge on any atom is 0.410 e.